The van der Waals surface area contributed by atoms with Gasteiger partial charge in [0.25, 0.3) is 0 Å². The monoisotopic (exact) mass is 501 g/mol. The second kappa shape index (κ2) is 11.8. The van der Waals surface area contributed by atoms with E-state index in [9.17, 15) is 23.1 Å². The van der Waals surface area contributed by atoms with E-state index in [4.69, 9.17) is 5.73 Å². The van der Waals surface area contributed by atoms with Crippen LogP contribution in [0.1, 0.15) is 32.3 Å². The van der Waals surface area contributed by atoms with Gasteiger partial charge in [0.1, 0.15) is 0 Å². The van der Waals surface area contributed by atoms with Crippen LogP contribution in [0.2, 0.25) is 0 Å². The molecule has 3 rings (SSSR count). The highest BCUT2D eigenvalue weighted by atomic mass is 32.2. The number of amides is 2. The molecule has 0 radical (unpaired) electrons. The van der Waals surface area contributed by atoms with Crippen molar-refractivity contribution in [2.75, 3.05) is 13.1 Å². The maximum absolute atomic E-state index is 13.4. The van der Waals surface area contributed by atoms with E-state index in [1.165, 1.54) is 16.4 Å². The molecule has 1 saturated carbocycles. The Hall–Kier alpha value is -2.75. The molecule has 1 fully saturated rings. The summed E-state index contributed by atoms with van der Waals surface area (Å²) in [6, 6.07) is 16.7. The van der Waals surface area contributed by atoms with Crippen molar-refractivity contribution >= 4 is 21.8 Å². The molecule has 1 aliphatic rings. The van der Waals surface area contributed by atoms with E-state index in [0.29, 0.717) is 19.3 Å². The lowest BCUT2D eigenvalue weighted by molar-refractivity contribution is -0.127. The molecule has 2 unspecified atom stereocenters. The van der Waals surface area contributed by atoms with Gasteiger partial charge in [0.05, 0.1) is 28.9 Å². The quantitative estimate of drug-likeness (QED) is 0.386. The van der Waals surface area contributed by atoms with Gasteiger partial charge < -0.3 is 16.2 Å². The standard InChI is InChI=1S/C26H35N3O5S/c1-18(2)13-14-29(35(33,34)20-11-7-4-8-12-20)17-24(30)23(15-19-9-5-3-6-10-19)28-26(32)22-16-21(22)25(27)31/h3-12,18,21-24,30H,13-17H2,1-2H3,(H2,27,31)(H,28,32)/t21?,22?,23-,24+/m0/s1. The fraction of sp³-hybridized carbons (Fsp3) is 0.462. The molecule has 0 aliphatic heterocycles. The Kier molecular flexibility index (Phi) is 9.04. The van der Waals surface area contributed by atoms with Gasteiger partial charge in [-0.05, 0) is 42.9 Å². The molecule has 2 aromatic carbocycles. The summed E-state index contributed by atoms with van der Waals surface area (Å²) in [7, 11) is -3.85. The average Bonchev–Trinajstić information content (AvgIpc) is 3.64. The first-order valence-corrected chi connectivity index (χ1v) is 13.4. The summed E-state index contributed by atoms with van der Waals surface area (Å²) in [6.45, 7) is 4.08. The van der Waals surface area contributed by atoms with Crippen LogP contribution in [0.3, 0.4) is 0 Å². The first kappa shape index (κ1) is 26.8. The number of benzene rings is 2. The number of primary amides is 1. The van der Waals surface area contributed by atoms with Crippen LogP contribution in [0.15, 0.2) is 65.6 Å². The summed E-state index contributed by atoms with van der Waals surface area (Å²) in [5.74, 6) is -1.61. The number of carbonyl (C=O) groups excluding carboxylic acids is 2. The fourth-order valence-electron chi connectivity index (χ4n) is 4.03. The van der Waals surface area contributed by atoms with E-state index in [2.05, 4.69) is 5.32 Å². The number of sulfonamides is 1. The summed E-state index contributed by atoms with van der Waals surface area (Å²) in [4.78, 5) is 24.4. The fourth-order valence-corrected chi connectivity index (χ4v) is 5.52. The number of hydrogen-bond donors (Lipinski definition) is 3. The molecule has 0 aromatic heterocycles. The second-order valence-electron chi connectivity index (χ2n) is 9.58. The minimum atomic E-state index is -3.85. The van der Waals surface area contributed by atoms with E-state index < -0.39 is 39.9 Å². The van der Waals surface area contributed by atoms with Crippen LogP contribution in [0.4, 0.5) is 0 Å². The van der Waals surface area contributed by atoms with Gasteiger partial charge in [-0.3, -0.25) is 9.59 Å². The zero-order valence-corrected chi connectivity index (χ0v) is 21.0. The van der Waals surface area contributed by atoms with Crippen LogP contribution in [0.25, 0.3) is 0 Å². The van der Waals surface area contributed by atoms with Crippen molar-refractivity contribution in [1.29, 1.82) is 0 Å². The van der Waals surface area contributed by atoms with Crippen molar-refractivity contribution in [2.24, 2.45) is 23.5 Å². The van der Waals surface area contributed by atoms with Gasteiger partial charge in [-0.2, -0.15) is 4.31 Å². The largest absolute Gasteiger partial charge is 0.390 e. The third-order valence-electron chi connectivity index (χ3n) is 6.31. The number of carbonyl (C=O) groups is 2. The Morgan fingerprint density at radius 3 is 2.20 bits per heavy atom. The number of nitrogens with one attached hydrogen (secondary N) is 1. The summed E-state index contributed by atoms with van der Waals surface area (Å²) in [6.07, 6.45) is 0.149. The van der Waals surface area contributed by atoms with Crippen LogP contribution < -0.4 is 11.1 Å². The molecule has 0 spiro atoms. The maximum Gasteiger partial charge on any atom is 0.243 e. The number of hydrogen-bond acceptors (Lipinski definition) is 5. The van der Waals surface area contributed by atoms with Gasteiger partial charge in [0.15, 0.2) is 0 Å². The van der Waals surface area contributed by atoms with E-state index in [1.54, 1.807) is 18.2 Å². The van der Waals surface area contributed by atoms with E-state index in [1.807, 2.05) is 44.2 Å². The SMILES string of the molecule is CC(C)CCN(C[C@@H](O)[C@H](Cc1ccccc1)NC(=O)C1CC1C(N)=O)S(=O)(=O)c1ccccc1. The van der Waals surface area contributed by atoms with E-state index in [-0.39, 0.29) is 29.8 Å². The topological polar surface area (TPSA) is 130 Å². The number of nitrogens with zero attached hydrogens (tertiary/aromatic N) is 1. The molecule has 9 heteroatoms. The van der Waals surface area contributed by atoms with Crippen LogP contribution in [-0.2, 0) is 26.0 Å². The Morgan fingerprint density at radius 2 is 1.66 bits per heavy atom. The van der Waals surface area contributed by atoms with Crippen molar-refractivity contribution in [2.45, 2.75) is 50.2 Å². The van der Waals surface area contributed by atoms with Gasteiger partial charge in [-0.15, -0.1) is 0 Å². The zero-order valence-electron chi connectivity index (χ0n) is 20.2. The lowest BCUT2D eigenvalue weighted by Gasteiger charge is -2.30. The van der Waals surface area contributed by atoms with E-state index in [0.717, 1.165) is 5.56 Å². The number of nitrogens with two attached hydrogens (primary N) is 1. The Bertz CT molecular complexity index is 1090. The third kappa shape index (κ3) is 7.37. The van der Waals surface area contributed by atoms with Crippen molar-refractivity contribution < 1.29 is 23.1 Å². The molecular weight excluding hydrogens is 466 g/mol. The summed E-state index contributed by atoms with van der Waals surface area (Å²) >= 11 is 0. The van der Waals surface area contributed by atoms with Crippen molar-refractivity contribution in [3.63, 3.8) is 0 Å². The van der Waals surface area contributed by atoms with Gasteiger partial charge in [0.2, 0.25) is 21.8 Å². The van der Waals surface area contributed by atoms with E-state index >= 15 is 0 Å². The van der Waals surface area contributed by atoms with Gasteiger partial charge in [0, 0.05) is 13.1 Å². The van der Waals surface area contributed by atoms with Crippen molar-refractivity contribution in [3.8, 4) is 0 Å². The molecule has 1 aliphatic carbocycles. The maximum atomic E-state index is 13.4. The molecule has 8 nitrogen and oxygen atoms in total. The second-order valence-corrected chi connectivity index (χ2v) is 11.5. The first-order chi connectivity index (χ1) is 16.6. The highest BCUT2D eigenvalue weighted by Gasteiger charge is 2.47. The van der Waals surface area contributed by atoms with Crippen LogP contribution in [0, 0.1) is 17.8 Å². The van der Waals surface area contributed by atoms with Crippen molar-refractivity contribution in [3.05, 3.63) is 66.2 Å². The minimum Gasteiger partial charge on any atom is -0.390 e. The number of aliphatic hydroxyl groups is 1. The molecule has 4 N–H and O–H groups in total. The molecule has 2 amide bonds. The molecular formula is C26H35N3O5S. The van der Waals surface area contributed by atoms with Gasteiger partial charge >= 0.3 is 0 Å². The van der Waals surface area contributed by atoms with Crippen molar-refractivity contribution in [1.82, 2.24) is 9.62 Å². The predicted molar refractivity (Wildman–Crippen MR) is 134 cm³/mol. The first-order valence-electron chi connectivity index (χ1n) is 12.0. The van der Waals surface area contributed by atoms with Crippen LogP contribution in [-0.4, -0.2) is 54.9 Å². The predicted octanol–water partition coefficient (Wildman–Crippen LogP) is 1.93. The Labute approximate surface area is 207 Å². The normalized spacial score (nSPS) is 19.3. The minimum absolute atomic E-state index is 0.155. The zero-order chi connectivity index (χ0) is 25.6. The molecule has 2 aromatic rings. The molecule has 0 bridgehead atoms. The third-order valence-corrected chi connectivity index (χ3v) is 8.19. The molecule has 4 atom stereocenters. The number of rotatable bonds is 13. The Morgan fingerprint density at radius 1 is 1.06 bits per heavy atom. The smallest absolute Gasteiger partial charge is 0.243 e. The summed E-state index contributed by atoms with van der Waals surface area (Å²) < 4.78 is 28.1. The van der Waals surface area contributed by atoms with Crippen LogP contribution >= 0.6 is 0 Å². The number of aliphatic hydroxyl groups excluding tert-OH is 1. The van der Waals surface area contributed by atoms with Crippen LogP contribution in [0.5, 0.6) is 0 Å². The molecule has 35 heavy (non-hydrogen) atoms. The Balaban J connectivity index is 1.81. The molecule has 0 saturated heterocycles. The molecule has 0 heterocycles. The van der Waals surface area contributed by atoms with Gasteiger partial charge in [-0.25, -0.2) is 8.42 Å². The highest BCUT2D eigenvalue weighted by Crippen LogP contribution is 2.38. The lowest BCUT2D eigenvalue weighted by Crippen LogP contribution is -2.51. The summed E-state index contributed by atoms with van der Waals surface area (Å²) in [5, 5.41) is 14.1. The highest BCUT2D eigenvalue weighted by molar-refractivity contribution is 7.89. The summed E-state index contributed by atoms with van der Waals surface area (Å²) in [5.41, 5.74) is 6.21. The molecule has 190 valence electrons. The average molecular weight is 502 g/mol. The van der Waals surface area contributed by atoms with Gasteiger partial charge in [-0.1, -0.05) is 62.4 Å². The lowest BCUT2D eigenvalue weighted by atomic mass is 10.0.